The number of benzene rings is 2. The molecule has 150 valence electrons. The molecule has 1 amide bonds. The van der Waals surface area contributed by atoms with E-state index in [-0.39, 0.29) is 17.6 Å². The summed E-state index contributed by atoms with van der Waals surface area (Å²) in [6.45, 7) is 0.716. The van der Waals surface area contributed by atoms with Crippen LogP contribution in [0.4, 0.5) is 5.69 Å². The van der Waals surface area contributed by atoms with Crippen LogP contribution in [0.25, 0.3) is 0 Å². The molecule has 3 rings (SSSR count). The molecule has 0 unspecified atom stereocenters. The Morgan fingerprint density at radius 2 is 1.86 bits per heavy atom. The van der Waals surface area contributed by atoms with Crippen LogP contribution in [0.15, 0.2) is 53.0 Å². The first-order valence-corrected chi connectivity index (χ1v) is 11.4. The lowest BCUT2D eigenvalue weighted by Crippen LogP contribution is -2.41. The molecule has 28 heavy (non-hydrogen) atoms. The van der Waals surface area contributed by atoms with Gasteiger partial charge in [0.05, 0.1) is 12.9 Å². The number of amides is 1. The highest BCUT2D eigenvalue weighted by atomic mass is 79.9. The minimum absolute atomic E-state index is 0.0326. The van der Waals surface area contributed by atoms with Gasteiger partial charge in [-0.05, 0) is 54.8 Å². The lowest BCUT2D eigenvalue weighted by molar-refractivity contribution is -0.120. The molecule has 0 saturated carbocycles. The van der Waals surface area contributed by atoms with E-state index in [0.29, 0.717) is 31.6 Å². The summed E-state index contributed by atoms with van der Waals surface area (Å²) in [7, 11) is -1.81. The predicted molar refractivity (Wildman–Crippen MR) is 113 cm³/mol. The minimum Gasteiger partial charge on any atom is -0.497 e. The average molecular weight is 467 g/mol. The fourth-order valence-corrected chi connectivity index (χ4v) is 5.24. The van der Waals surface area contributed by atoms with Crippen molar-refractivity contribution >= 4 is 37.5 Å². The van der Waals surface area contributed by atoms with Crippen LogP contribution in [0.1, 0.15) is 18.4 Å². The first-order chi connectivity index (χ1) is 13.4. The molecule has 1 aliphatic heterocycles. The third-order valence-corrected chi connectivity index (χ3v) is 7.16. The van der Waals surface area contributed by atoms with E-state index in [1.165, 1.54) is 4.31 Å². The molecular formula is C20H23BrN2O4S. The van der Waals surface area contributed by atoms with Crippen molar-refractivity contribution in [1.82, 2.24) is 4.31 Å². The van der Waals surface area contributed by atoms with Gasteiger partial charge in [0.2, 0.25) is 15.9 Å². The number of hydrogen-bond acceptors (Lipinski definition) is 4. The summed E-state index contributed by atoms with van der Waals surface area (Å²) >= 11 is 3.36. The normalized spacial score (nSPS) is 15.9. The van der Waals surface area contributed by atoms with Gasteiger partial charge < -0.3 is 10.1 Å². The van der Waals surface area contributed by atoms with E-state index in [9.17, 15) is 13.2 Å². The maximum absolute atomic E-state index is 12.7. The molecular weight excluding hydrogens is 444 g/mol. The van der Waals surface area contributed by atoms with Crippen molar-refractivity contribution < 1.29 is 17.9 Å². The Bertz CT molecular complexity index is 923. The molecule has 0 atom stereocenters. The van der Waals surface area contributed by atoms with Gasteiger partial charge in [-0.15, -0.1) is 0 Å². The lowest BCUT2D eigenvalue weighted by Gasteiger charge is -2.30. The van der Waals surface area contributed by atoms with E-state index in [4.69, 9.17) is 4.74 Å². The number of sulfonamides is 1. The van der Waals surface area contributed by atoms with Crippen LogP contribution < -0.4 is 10.1 Å². The fraction of sp³-hybridized carbons (Fsp3) is 0.350. The number of carbonyl (C=O) groups is 1. The maximum atomic E-state index is 12.7. The third kappa shape index (κ3) is 5.33. The minimum atomic E-state index is -3.40. The fourth-order valence-electron chi connectivity index (χ4n) is 3.24. The van der Waals surface area contributed by atoms with E-state index in [2.05, 4.69) is 21.2 Å². The van der Waals surface area contributed by atoms with Crippen molar-refractivity contribution in [3.63, 3.8) is 0 Å². The molecule has 0 aromatic heterocycles. The van der Waals surface area contributed by atoms with Crippen molar-refractivity contribution in [1.29, 1.82) is 0 Å². The number of halogens is 1. The second-order valence-corrected chi connectivity index (χ2v) is 9.66. The molecule has 2 aromatic rings. The number of anilines is 1. The van der Waals surface area contributed by atoms with Crippen LogP contribution in [-0.2, 0) is 20.6 Å². The third-order valence-electron chi connectivity index (χ3n) is 4.81. The van der Waals surface area contributed by atoms with Crippen LogP contribution in [-0.4, -0.2) is 38.8 Å². The first-order valence-electron chi connectivity index (χ1n) is 9.04. The van der Waals surface area contributed by atoms with Gasteiger partial charge in [-0.2, -0.15) is 0 Å². The van der Waals surface area contributed by atoms with Crippen molar-refractivity contribution in [2.75, 3.05) is 25.5 Å². The summed E-state index contributed by atoms with van der Waals surface area (Å²) in [4.78, 5) is 12.5. The summed E-state index contributed by atoms with van der Waals surface area (Å²) in [6.07, 6.45) is 1.03. The molecule has 0 aliphatic carbocycles. The molecule has 1 aliphatic rings. The number of piperidine rings is 1. The van der Waals surface area contributed by atoms with Crippen molar-refractivity contribution in [2.45, 2.75) is 18.6 Å². The highest BCUT2D eigenvalue weighted by molar-refractivity contribution is 9.10. The average Bonchev–Trinajstić information content (AvgIpc) is 2.68. The second kappa shape index (κ2) is 9.07. The van der Waals surface area contributed by atoms with Crippen LogP contribution in [0.5, 0.6) is 5.75 Å². The van der Waals surface area contributed by atoms with Gasteiger partial charge >= 0.3 is 0 Å². The Kier molecular flexibility index (Phi) is 6.74. The van der Waals surface area contributed by atoms with Gasteiger partial charge in [0.25, 0.3) is 0 Å². The highest BCUT2D eigenvalue weighted by Gasteiger charge is 2.31. The van der Waals surface area contributed by atoms with Gasteiger partial charge in [-0.1, -0.05) is 28.1 Å². The molecule has 1 fully saturated rings. The number of nitrogens with one attached hydrogen (secondary N) is 1. The molecule has 2 aromatic carbocycles. The highest BCUT2D eigenvalue weighted by Crippen LogP contribution is 2.24. The van der Waals surface area contributed by atoms with Crippen LogP contribution in [0.2, 0.25) is 0 Å². The zero-order valence-corrected chi connectivity index (χ0v) is 18.0. The molecule has 1 saturated heterocycles. The Morgan fingerprint density at radius 3 is 2.46 bits per heavy atom. The number of nitrogens with zero attached hydrogens (tertiary/aromatic N) is 1. The van der Waals surface area contributed by atoms with E-state index < -0.39 is 10.0 Å². The molecule has 1 heterocycles. The van der Waals surface area contributed by atoms with Crippen LogP contribution in [0, 0.1) is 5.92 Å². The topological polar surface area (TPSA) is 75.7 Å². The van der Waals surface area contributed by atoms with Crippen molar-refractivity contribution in [3.8, 4) is 5.75 Å². The largest absolute Gasteiger partial charge is 0.497 e. The Labute approximate surface area is 174 Å². The quantitative estimate of drug-likeness (QED) is 0.704. The first kappa shape index (κ1) is 20.8. The standard InChI is InChI=1S/C20H23BrN2O4S/c1-27-19-7-5-18(6-8-19)22-20(24)16-9-11-23(12-10-16)28(25,26)14-15-3-2-4-17(21)13-15/h2-8,13,16H,9-12,14H2,1H3,(H,22,24). The van der Waals surface area contributed by atoms with E-state index in [0.717, 1.165) is 15.8 Å². The monoisotopic (exact) mass is 466 g/mol. The summed E-state index contributed by atoms with van der Waals surface area (Å²) in [5, 5.41) is 2.89. The SMILES string of the molecule is COc1ccc(NC(=O)C2CCN(S(=O)(=O)Cc3cccc(Br)c3)CC2)cc1. The number of hydrogen-bond donors (Lipinski definition) is 1. The Hall–Kier alpha value is -1.90. The van der Waals surface area contributed by atoms with Gasteiger partial charge in [-0.25, -0.2) is 12.7 Å². The number of ether oxygens (including phenoxy) is 1. The number of carbonyl (C=O) groups excluding carboxylic acids is 1. The molecule has 1 N–H and O–H groups in total. The summed E-state index contributed by atoms with van der Waals surface area (Å²) in [5.41, 5.74) is 1.45. The van der Waals surface area contributed by atoms with Crippen molar-refractivity contribution in [3.05, 3.63) is 58.6 Å². The number of methoxy groups -OCH3 is 1. The molecule has 0 radical (unpaired) electrons. The molecule has 8 heteroatoms. The smallest absolute Gasteiger partial charge is 0.227 e. The molecule has 0 spiro atoms. The number of rotatable bonds is 6. The van der Waals surface area contributed by atoms with E-state index >= 15 is 0 Å². The molecule has 0 bridgehead atoms. The van der Waals surface area contributed by atoms with E-state index in [1.807, 2.05) is 18.2 Å². The van der Waals surface area contributed by atoms with Crippen LogP contribution in [0.3, 0.4) is 0 Å². The van der Waals surface area contributed by atoms with Crippen molar-refractivity contribution in [2.24, 2.45) is 5.92 Å². The molecule has 6 nitrogen and oxygen atoms in total. The predicted octanol–water partition coefficient (Wildman–Crippen LogP) is 3.64. The van der Waals surface area contributed by atoms with Gasteiger partial charge in [0, 0.05) is 29.2 Å². The summed E-state index contributed by atoms with van der Waals surface area (Å²) in [5.74, 6) is 0.422. The summed E-state index contributed by atoms with van der Waals surface area (Å²) in [6, 6.07) is 14.4. The Balaban J connectivity index is 1.54. The zero-order valence-electron chi connectivity index (χ0n) is 15.6. The van der Waals surface area contributed by atoms with Crippen LogP contribution >= 0.6 is 15.9 Å². The van der Waals surface area contributed by atoms with Gasteiger partial charge in [-0.3, -0.25) is 4.79 Å². The zero-order chi connectivity index (χ0) is 20.1. The Morgan fingerprint density at radius 1 is 1.18 bits per heavy atom. The maximum Gasteiger partial charge on any atom is 0.227 e. The van der Waals surface area contributed by atoms with Gasteiger partial charge in [0.15, 0.2) is 0 Å². The second-order valence-electron chi connectivity index (χ2n) is 6.78. The summed E-state index contributed by atoms with van der Waals surface area (Å²) < 4.78 is 32.8. The van der Waals surface area contributed by atoms with E-state index in [1.54, 1.807) is 37.4 Å². The lowest BCUT2D eigenvalue weighted by atomic mass is 9.97. The van der Waals surface area contributed by atoms with Gasteiger partial charge in [0.1, 0.15) is 5.75 Å².